The molecular weight excluding hydrogens is 158 g/mol. The summed E-state index contributed by atoms with van der Waals surface area (Å²) in [6.07, 6.45) is 2.82. The van der Waals surface area contributed by atoms with Gasteiger partial charge in [-0.25, -0.2) is 4.79 Å². The maximum atomic E-state index is 10.6. The molecule has 2 aliphatic rings. The average Bonchev–Trinajstić information content (AvgIpc) is 2.79. The highest BCUT2D eigenvalue weighted by atomic mass is 16.6. The summed E-state index contributed by atoms with van der Waals surface area (Å²) in [6, 6.07) is 0.172. The molecule has 0 aromatic carbocycles. The van der Waals surface area contributed by atoms with Crippen molar-refractivity contribution in [2.24, 2.45) is 0 Å². The normalized spacial score (nSPS) is 38.6. The number of hydrogen-bond acceptors (Lipinski definition) is 2. The van der Waals surface area contributed by atoms with E-state index in [-0.39, 0.29) is 6.04 Å². The first-order valence-electron chi connectivity index (χ1n) is 4.29. The molecule has 4 heteroatoms. The molecule has 3 unspecified atom stereocenters. The second-order valence-corrected chi connectivity index (χ2v) is 3.57. The van der Waals surface area contributed by atoms with E-state index in [4.69, 9.17) is 9.84 Å². The van der Waals surface area contributed by atoms with Crippen molar-refractivity contribution in [3.8, 4) is 0 Å². The van der Waals surface area contributed by atoms with Gasteiger partial charge < -0.3 is 14.7 Å². The maximum absolute atomic E-state index is 10.6. The van der Waals surface area contributed by atoms with E-state index in [1.807, 2.05) is 0 Å². The minimum atomic E-state index is -0.834. The number of carbonyl (C=O) groups is 1. The zero-order chi connectivity index (χ0) is 8.72. The minimum absolute atomic E-state index is 0.172. The Bertz CT molecular complexity index is 206. The van der Waals surface area contributed by atoms with Crippen molar-refractivity contribution in [1.82, 2.24) is 4.90 Å². The first-order valence-corrected chi connectivity index (χ1v) is 4.29. The van der Waals surface area contributed by atoms with E-state index in [1.165, 1.54) is 4.90 Å². The SMILES string of the molecule is CN(C(=O)O)C1CCC2OC2C1. The highest BCUT2D eigenvalue weighted by molar-refractivity contribution is 5.65. The molecule has 2 fully saturated rings. The summed E-state index contributed by atoms with van der Waals surface area (Å²) >= 11 is 0. The number of epoxide rings is 1. The number of rotatable bonds is 1. The van der Waals surface area contributed by atoms with Crippen LogP contribution in [0.25, 0.3) is 0 Å². The highest BCUT2D eigenvalue weighted by Crippen LogP contribution is 2.37. The standard InChI is InChI=1S/C8H13NO3/c1-9(8(10)11)5-2-3-6-7(4-5)12-6/h5-7H,2-4H2,1H3,(H,10,11). The van der Waals surface area contributed by atoms with Crippen molar-refractivity contribution in [1.29, 1.82) is 0 Å². The van der Waals surface area contributed by atoms with Gasteiger partial charge in [0.2, 0.25) is 0 Å². The molecular formula is C8H13NO3. The molecule has 1 N–H and O–H groups in total. The third-order valence-electron chi connectivity index (χ3n) is 2.83. The summed E-state index contributed by atoms with van der Waals surface area (Å²) in [4.78, 5) is 12.0. The van der Waals surface area contributed by atoms with Gasteiger partial charge in [-0.2, -0.15) is 0 Å². The van der Waals surface area contributed by atoms with Gasteiger partial charge in [0.05, 0.1) is 12.2 Å². The van der Waals surface area contributed by atoms with Gasteiger partial charge in [0.1, 0.15) is 0 Å². The minimum Gasteiger partial charge on any atom is -0.465 e. The summed E-state index contributed by atoms with van der Waals surface area (Å²) < 4.78 is 5.32. The molecule has 1 amide bonds. The predicted octanol–water partition coefficient (Wildman–Crippen LogP) is 0.916. The molecule has 3 atom stereocenters. The van der Waals surface area contributed by atoms with E-state index in [2.05, 4.69) is 0 Å². The predicted molar refractivity (Wildman–Crippen MR) is 42.1 cm³/mol. The van der Waals surface area contributed by atoms with Crippen molar-refractivity contribution in [2.75, 3.05) is 7.05 Å². The Morgan fingerprint density at radius 1 is 1.50 bits per heavy atom. The molecule has 0 aromatic rings. The van der Waals surface area contributed by atoms with Gasteiger partial charge in [0, 0.05) is 13.1 Å². The summed E-state index contributed by atoms with van der Waals surface area (Å²) in [5.74, 6) is 0. The molecule has 0 bridgehead atoms. The van der Waals surface area contributed by atoms with Crippen LogP contribution in [0.3, 0.4) is 0 Å². The lowest BCUT2D eigenvalue weighted by Gasteiger charge is -2.26. The smallest absolute Gasteiger partial charge is 0.407 e. The number of carboxylic acid groups (broad SMARTS) is 1. The second kappa shape index (κ2) is 2.62. The van der Waals surface area contributed by atoms with Crippen LogP contribution in [-0.4, -0.2) is 41.4 Å². The fourth-order valence-corrected chi connectivity index (χ4v) is 1.89. The van der Waals surface area contributed by atoms with E-state index in [0.717, 1.165) is 19.3 Å². The van der Waals surface area contributed by atoms with Crippen molar-refractivity contribution in [3.63, 3.8) is 0 Å². The number of amides is 1. The summed E-state index contributed by atoms with van der Waals surface area (Å²) in [5, 5.41) is 8.72. The third-order valence-corrected chi connectivity index (χ3v) is 2.83. The molecule has 0 spiro atoms. The lowest BCUT2D eigenvalue weighted by atomic mass is 9.95. The summed E-state index contributed by atoms with van der Waals surface area (Å²) in [5.41, 5.74) is 0. The Labute approximate surface area is 71.1 Å². The van der Waals surface area contributed by atoms with Gasteiger partial charge in [-0.05, 0) is 19.3 Å². The van der Waals surface area contributed by atoms with Crippen LogP contribution in [0.5, 0.6) is 0 Å². The molecule has 1 aliphatic carbocycles. The quantitative estimate of drug-likeness (QED) is 0.597. The number of ether oxygens (including phenoxy) is 1. The fraction of sp³-hybridized carbons (Fsp3) is 0.875. The van der Waals surface area contributed by atoms with Gasteiger partial charge in [-0.3, -0.25) is 0 Å². The van der Waals surface area contributed by atoms with Crippen molar-refractivity contribution >= 4 is 6.09 Å². The van der Waals surface area contributed by atoms with Gasteiger partial charge in [-0.1, -0.05) is 0 Å². The van der Waals surface area contributed by atoms with Gasteiger partial charge in [0.25, 0.3) is 0 Å². The molecule has 1 saturated heterocycles. The van der Waals surface area contributed by atoms with E-state index in [0.29, 0.717) is 12.2 Å². The first kappa shape index (κ1) is 7.86. The summed E-state index contributed by atoms with van der Waals surface area (Å²) in [7, 11) is 1.63. The second-order valence-electron chi connectivity index (χ2n) is 3.57. The van der Waals surface area contributed by atoms with E-state index < -0.39 is 6.09 Å². The molecule has 0 radical (unpaired) electrons. The van der Waals surface area contributed by atoms with Crippen LogP contribution < -0.4 is 0 Å². The van der Waals surface area contributed by atoms with Crippen LogP contribution in [0, 0.1) is 0 Å². The molecule has 1 aliphatic heterocycles. The van der Waals surface area contributed by atoms with Crippen LogP contribution in [-0.2, 0) is 4.74 Å². The Morgan fingerprint density at radius 3 is 2.83 bits per heavy atom. The van der Waals surface area contributed by atoms with Crippen molar-refractivity contribution in [3.05, 3.63) is 0 Å². The van der Waals surface area contributed by atoms with Crippen molar-refractivity contribution < 1.29 is 14.6 Å². The lowest BCUT2D eigenvalue weighted by molar-refractivity contribution is 0.129. The topological polar surface area (TPSA) is 53.1 Å². The Hall–Kier alpha value is -0.770. The van der Waals surface area contributed by atoms with E-state index >= 15 is 0 Å². The van der Waals surface area contributed by atoms with Crippen LogP contribution in [0.4, 0.5) is 4.79 Å². The van der Waals surface area contributed by atoms with Gasteiger partial charge in [-0.15, -0.1) is 0 Å². The molecule has 4 nitrogen and oxygen atoms in total. The van der Waals surface area contributed by atoms with Crippen LogP contribution >= 0.6 is 0 Å². The fourth-order valence-electron chi connectivity index (χ4n) is 1.89. The molecule has 1 saturated carbocycles. The molecule has 1 heterocycles. The molecule has 68 valence electrons. The lowest BCUT2D eigenvalue weighted by Crippen LogP contribution is -2.38. The largest absolute Gasteiger partial charge is 0.465 e. The first-order chi connectivity index (χ1) is 5.68. The molecule has 2 rings (SSSR count). The summed E-state index contributed by atoms with van der Waals surface area (Å²) in [6.45, 7) is 0. The van der Waals surface area contributed by atoms with Gasteiger partial charge in [0.15, 0.2) is 0 Å². The van der Waals surface area contributed by atoms with E-state index in [9.17, 15) is 4.79 Å². The van der Waals surface area contributed by atoms with E-state index in [1.54, 1.807) is 7.05 Å². The molecule has 12 heavy (non-hydrogen) atoms. The Kier molecular flexibility index (Phi) is 1.72. The average molecular weight is 171 g/mol. The van der Waals surface area contributed by atoms with Crippen LogP contribution in [0.1, 0.15) is 19.3 Å². The Balaban J connectivity index is 1.91. The van der Waals surface area contributed by atoms with Crippen LogP contribution in [0.15, 0.2) is 0 Å². The Morgan fingerprint density at radius 2 is 2.25 bits per heavy atom. The maximum Gasteiger partial charge on any atom is 0.407 e. The number of nitrogens with zero attached hydrogens (tertiary/aromatic N) is 1. The third kappa shape index (κ3) is 1.27. The van der Waals surface area contributed by atoms with Gasteiger partial charge >= 0.3 is 6.09 Å². The van der Waals surface area contributed by atoms with Crippen molar-refractivity contribution in [2.45, 2.75) is 37.5 Å². The highest BCUT2D eigenvalue weighted by Gasteiger charge is 2.45. The zero-order valence-corrected chi connectivity index (χ0v) is 7.06. The van der Waals surface area contributed by atoms with Crippen LogP contribution in [0.2, 0.25) is 0 Å². The number of fused-ring (bicyclic) bond motifs is 1. The zero-order valence-electron chi connectivity index (χ0n) is 7.06. The monoisotopic (exact) mass is 171 g/mol. The number of hydrogen-bond donors (Lipinski definition) is 1. The molecule has 0 aromatic heterocycles.